The topological polar surface area (TPSA) is 111 Å². The molecule has 7 nitrogen and oxygen atoms in total. The molecule has 0 fully saturated rings. The van der Waals surface area contributed by atoms with Crippen molar-refractivity contribution >= 4 is 33.3 Å². The average molecular weight is 418 g/mol. The first-order chi connectivity index (χ1) is 12.2. The van der Waals surface area contributed by atoms with Gasteiger partial charge < -0.3 is 10.1 Å². The van der Waals surface area contributed by atoms with Crippen molar-refractivity contribution in [1.82, 2.24) is 5.32 Å². The Morgan fingerprint density at radius 1 is 1.26 bits per heavy atom. The maximum Gasteiger partial charge on any atom is 0.408 e. The number of carbonyl (C=O) groups is 2. The quantitative estimate of drug-likeness (QED) is 0.727. The smallest absolute Gasteiger partial charge is 0.408 e. The van der Waals surface area contributed by atoms with Gasteiger partial charge in [-0.2, -0.15) is 0 Å². The zero-order chi connectivity index (χ0) is 21.0. The molecule has 0 bridgehead atoms. The average Bonchev–Trinajstić information content (AvgIpc) is 2.94. The Morgan fingerprint density at radius 2 is 1.85 bits per heavy atom. The predicted octanol–water partition coefficient (Wildman–Crippen LogP) is 4.04. The summed E-state index contributed by atoms with van der Waals surface area (Å²) in [5, 5.41) is 8.38. The Labute approximate surface area is 166 Å². The van der Waals surface area contributed by atoms with Gasteiger partial charge in [-0.25, -0.2) is 14.1 Å². The highest BCUT2D eigenvalue weighted by molar-refractivity contribution is 7.93. The van der Waals surface area contributed by atoms with E-state index < -0.39 is 33.6 Å². The largest absolute Gasteiger partial charge is 0.444 e. The first-order valence-corrected chi connectivity index (χ1v) is 11.3. The third-order valence-electron chi connectivity index (χ3n) is 3.38. The van der Waals surface area contributed by atoms with Crippen LogP contribution < -0.4 is 10.5 Å². The van der Waals surface area contributed by atoms with E-state index in [1.807, 2.05) is 33.8 Å². The fourth-order valence-corrected chi connectivity index (χ4v) is 4.55. The molecule has 3 N–H and O–H groups in total. The molecule has 9 heteroatoms. The number of nitrogens with zero attached hydrogens (tertiary/aromatic N) is 1. The van der Waals surface area contributed by atoms with E-state index in [0.29, 0.717) is 10.6 Å². The Kier molecular flexibility index (Phi) is 8.00. The molecule has 154 valence electrons. The molecule has 1 rings (SSSR count). The Balaban J connectivity index is 3.07. The fraction of sp³-hybridized carbons (Fsp3) is 0.667. The van der Waals surface area contributed by atoms with Gasteiger partial charge in [-0.1, -0.05) is 27.7 Å². The van der Waals surface area contributed by atoms with Crippen molar-refractivity contribution in [3.8, 4) is 0 Å². The van der Waals surface area contributed by atoms with Crippen LogP contribution in [0.5, 0.6) is 0 Å². The van der Waals surface area contributed by atoms with Gasteiger partial charge in [0.15, 0.2) is 9.92 Å². The van der Waals surface area contributed by atoms with Gasteiger partial charge in [0.05, 0.1) is 0 Å². The molecule has 0 saturated carbocycles. The SMILES string of the molecule is CC(C)CC(NC(=O)OC(C)(C)C)C(=O)N=S(N)(=O)c1ccc(C(C)C)s1. The molecule has 0 spiro atoms. The number of hydrogen-bond donors (Lipinski definition) is 2. The molecule has 1 heterocycles. The molecule has 0 saturated heterocycles. The summed E-state index contributed by atoms with van der Waals surface area (Å²) < 4.78 is 22.1. The molecule has 0 radical (unpaired) electrons. The van der Waals surface area contributed by atoms with Crippen molar-refractivity contribution in [2.75, 3.05) is 0 Å². The summed E-state index contributed by atoms with van der Waals surface area (Å²) in [5.41, 5.74) is -0.696. The van der Waals surface area contributed by atoms with Gasteiger partial charge in [0, 0.05) is 4.88 Å². The van der Waals surface area contributed by atoms with E-state index in [2.05, 4.69) is 9.68 Å². The molecular weight excluding hydrogens is 386 g/mol. The Morgan fingerprint density at radius 3 is 2.30 bits per heavy atom. The lowest BCUT2D eigenvalue weighted by Crippen LogP contribution is -2.44. The van der Waals surface area contributed by atoms with Crippen LogP contribution in [-0.4, -0.2) is 27.9 Å². The van der Waals surface area contributed by atoms with Crippen LogP contribution >= 0.6 is 11.3 Å². The highest BCUT2D eigenvalue weighted by Gasteiger charge is 2.26. The highest BCUT2D eigenvalue weighted by atomic mass is 32.2. The summed E-state index contributed by atoms with van der Waals surface area (Å²) in [6, 6.07) is 2.52. The number of thiophene rings is 1. The third-order valence-corrected chi connectivity index (χ3v) is 6.69. The summed E-state index contributed by atoms with van der Waals surface area (Å²) in [7, 11) is -3.37. The molecule has 0 aromatic carbocycles. The van der Waals surface area contributed by atoms with E-state index in [9.17, 15) is 13.8 Å². The Bertz CT molecular complexity index is 785. The third kappa shape index (κ3) is 7.98. The zero-order valence-corrected chi connectivity index (χ0v) is 18.7. The van der Waals surface area contributed by atoms with Crippen molar-refractivity contribution in [3.05, 3.63) is 17.0 Å². The number of alkyl carbamates (subject to hydrolysis) is 1. The molecule has 1 aromatic heterocycles. The highest BCUT2D eigenvalue weighted by Crippen LogP contribution is 2.27. The first-order valence-electron chi connectivity index (χ1n) is 8.89. The van der Waals surface area contributed by atoms with Crippen LogP contribution in [0.15, 0.2) is 20.7 Å². The minimum Gasteiger partial charge on any atom is -0.444 e. The van der Waals surface area contributed by atoms with Crippen LogP contribution in [0, 0.1) is 5.92 Å². The monoisotopic (exact) mass is 417 g/mol. The summed E-state index contributed by atoms with van der Waals surface area (Å²) >= 11 is 1.28. The molecular formula is C18H31N3O4S2. The van der Waals surface area contributed by atoms with Crippen molar-refractivity contribution in [2.24, 2.45) is 15.4 Å². The number of nitrogens with one attached hydrogen (secondary N) is 1. The summed E-state index contributed by atoms with van der Waals surface area (Å²) in [4.78, 5) is 25.7. The van der Waals surface area contributed by atoms with Gasteiger partial charge in [0.1, 0.15) is 15.9 Å². The van der Waals surface area contributed by atoms with Crippen molar-refractivity contribution < 1.29 is 18.5 Å². The minimum absolute atomic E-state index is 0.104. The minimum atomic E-state index is -3.37. The second-order valence-electron chi connectivity index (χ2n) is 8.14. The molecule has 2 atom stereocenters. The van der Waals surface area contributed by atoms with E-state index in [-0.39, 0.29) is 11.8 Å². The fourth-order valence-electron chi connectivity index (χ4n) is 2.19. The second-order valence-corrected chi connectivity index (χ2v) is 11.3. The van der Waals surface area contributed by atoms with Crippen LogP contribution in [0.2, 0.25) is 0 Å². The summed E-state index contributed by atoms with van der Waals surface area (Å²) in [6.07, 6.45) is -0.392. The van der Waals surface area contributed by atoms with Crippen molar-refractivity contribution in [3.63, 3.8) is 0 Å². The van der Waals surface area contributed by atoms with Crippen molar-refractivity contribution in [2.45, 2.75) is 76.7 Å². The first kappa shape index (κ1) is 23.6. The summed E-state index contributed by atoms with van der Waals surface area (Å²) in [5.74, 6) is -0.356. The predicted molar refractivity (Wildman–Crippen MR) is 109 cm³/mol. The molecule has 2 unspecified atom stereocenters. The molecule has 0 aliphatic rings. The number of rotatable bonds is 6. The van der Waals surface area contributed by atoms with Crippen LogP contribution in [0.25, 0.3) is 0 Å². The van der Waals surface area contributed by atoms with Gasteiger partial charge in [-0.3, -0.25) is 4.79 Å². The number of hydrogen-bond acceptors (Lipinski definition) is 5. The standard InChI is InChI=1S/C18H31N3O4S2/c1-11(2)10-13(20-17(23)25-18(5,6)7)16(22)21-27(19,24)15-9-8-14(26-15)12(3)4/h8-9,11-13H,10H2,1-7H3,(H,20,23)(H2,19,21,22,24). The number of ether oxygens (including phenoxy) is 1. The molecule has 0 aliphatic heterocycles. The van der Waals surface area contributed by atoms with E-state index in [1.165, 1.54) is 11.3 Å². The van der Waals surface area contributed by atoms with E-state index in [4.69, 9.17) is 9.88 Å². The lowest BCUT2D eigenvalue weighted by molar-refractivity contribution is -0.120. The number of amides is 2. The van der Waals surface area contributed by atoms with Gasteiger partial charge in [-0.15, -0.1) is 15.7 Å². The maximum atomic E-state index is 12.8. The Hall–Kier alpha value is -1.45. The van der Waals surface area contributed by atoms with Crippen LogP contribution in [-0.2, 0) is 19.4 Å². The second kappa shape index (κ2) is 9.16. The summed E-state index contributed by atoms with van der Waals surface area (Å²) in [6.45, 7) is 13.0. The van der Waals surface area contributed by atoms with Gasteiger partial charge in [0.25, 0.3) is 5.91 Å². The number of carbonyl (C=O) groups excluding carboxylic acids is 2. The van der Waals surface area contributed by atoms with E-state index >= 15 is 0 Å². The van der Waals surface area contributed by atoms with Gasteiger partial charge in [0.2, 0.25) is 0 Å². The normalized spacial score (nSPS) is 15.3. The van der Waals surface area contributed by atoms with Gasteiger partial charge in [-0.05, 0) is 51.2 Å². The van der Waals surface area contributed by atoms with E-state index in [1.54, 1.807) is 26.8 Å². The van der Waals surface area contributed by atoms with E-state index in [0.717, 1.165) is 4.88 Å². The number of nitrogens with two attached hydrogens (primary N) is 1. The maximum absolute atomic E-state index is 12.8. The molecule has 27 heavy (non-hydrogen) atoms. The lowest BCUT2D eigenvalue weighted by Gasteiger charge is -2.23. The molecule has 2 amide bonds. The zero-order valence-electron chi connectivity index (χ0n) is 17.1. The van der Waals surface area contributed by atoms with Crippen LogP contribution in [0.3, 0.4) is 0 Å². The van der Waals surface area contributed by atoms with Gasteiger partial charge >= 0.3 is 6.09 Å². The van der Waals surface area contributed by atoms with Crippen LogP contribution in [0.4, 0.5) is 4.79 Å². The molecule has 0 aliphatic carbocycles. The van der Waals surface area contributed by atoms with Crippen molar-refractivity contribution in [1.29, 1.82) is 0 Å². The lowest BCUT2D eigenvalue weighted by atomic mass is 10.0. The van der Waals surface area contributed by atoms with Crippen LogP contribution in [0.1, 0.15) is 65.7 Å². The molecule has 1 aromatic rings.